The summed E-state index contributed by atoms with van der Waals surface area (Å²) in [6.45, 7) is 6.41. The lowest BCUT2D eigenvalue weighted by Gasteiger charge is -2.34. The predicted molar refractivity (Wildman–Crippen MR) is 156 cm³/mol. The van der Waals surface area contributed by atoms with Crippen molar-refractivity contribution in [2.24, 2.45) is 11.8 Å². The van der Waals surface area contributed by atoms with Crippen molar-refractivity contribution in [2.75, 3.05) is 38.6 Å². The van der Waals surface area contributed by atoms with Crippen molar-refractivity contribution in [1.82, 2.24) is 20.1 Å². The van der Waals surface area contributed by atoms with E-state index in [1.807, 2.05) is 37.3 Å². The van der Waals surface area contributed by atoms with Crippen LogP contribution in [0, 0.1) is 11.8 Å². The molecule has 3 N–H and O–H groups in total. The molecule has 3 atom stereocenters. The molecule has 9 heteroatoms. The Morgan fingerprint density at radius 2 is 1.95 bits per heavy atom. The molecule has 1 fully saturated rings. The van der Waals surface area contributed by atoms with E-state index in [9.17, 15) is 14.7 Å². The van der Waals surface area contributed by atoms with E-state index in [1.165, 1.54) is 32.1 Å². The molecule has 9 nitrogen and oxygen atoms in total. The van der Waals surface area contributed by atoms with Crippen molar-refractivity contribution >= 4 is 17.6 Å². The molecular formula is C31H45N5O4. The maximum absolute atomic E-state index is 13.5. The summed E-state index contributed by atoms with van der Waals surface area (Å²) in [5, 5.41) is 15.8. The molecule has 2 heterocycles. The van der Waals surface area contributed by atoms with E-state index in [4.69, 9.17) is 4.74 Å². The van der Waals surface area contributed by atoms with Gasteiger partial charge in [-0.2, -0.15) is 0 Å². The first-order valence-electron chi connectivity index (χ1n) is 14.6. The number of ether oxygens (including phenoxy) is 1. The molecule has 1 aromatic carbocycles. The molecule has 0 spiro atoms. The standard InChI is InChI=1S/C31H45N5O4/c1-22-18-36(23(2)21-37)30(38)16-26-15-27(34-31(39)33-17-24-7-5-4-6-8-24)9-10-28(26)40-29(22)20-35(3)19-25-11-13-32-14-12-25/h9-15,22-24,29,37H,4-8,16-21H2,1-3H3,(H2,33,34,39)/t22?,23-,29-/m0/s1. The monoisotopic (exact) mass is 551 g/mol. The van der Waals surface area contributed by atoms with Crippen molar-refractivity contribution in [3.05, 3.63) is 53.9 Å². The molecule has 1 aliphatic carbocycles. The van der Waals surface area contributed by atoms with Gasteiger partial charge in [0.25, 0.3) is 0 Å². The molecule has 1 saturated carbocycles. The van der Waals surface area contributed by atoms with E-state index in [-0.39, 0.29) is 43.0 Å². The number of amides is 3. The van der Waals surface area contributed by atoms with Gasteiger partial charge in [-0.05, 0) is 68.6 Å². The average molecular weight is 552 g/mol. The molecule has 218 valence electrons. The molecule has 3 amide bonds. The average Bonchev–Trinajstić information content (AvgIpc) is 3.00. The maximum Gasteiger partial charge on any atom is 0.319 e. The first-order valence-corrected chi connectivity index (χ1v) is 14.6. The SMILES string of the molecule is CC1CN([C@@H](C)CO)C(=O)Cc2cc(NC(=O)NCC3CCCCC3)ccc2O[C@H]1CN(C)Cc1ccncc1. The van der Waals surface area contributed by atoms with Crippen LogP contribution in [0.15, 0.2) is 42.7 Å². The van der Waals surface area contributed by atoms with Gasteiger partial charge in [0, 0.05) is 55.7 Å². The van der Waals surface area contributed by atoms with Crippen LogP contribution in [0.3, 0.4) is 0 Å². The Balaban J connectivity index is 1.50. The van der Waals surface area contributed by atoms with Crippen LogP contribution in [0.4, 0.5) is 10.5 Å². The van der Waals surface area contributed by atoms with E-state index in [2.05, 4.69) is 34.5 Å². The number of fused-ring (bicyclic) bond motifs is 1. The number of hydrogen-bond acceptors (Lipinski definition) is 6. The van der Waals surface area contributed by atoms with Crippen molar-refractivity contribution in [2.45, 2.75) is 71.1 Å². The van der Waals surface area contributed by atoms with Crippen LogP contribution in [-0.2, 0) is 17.8 Å². The second-order valence-corrected chi connectivity index (χ2v) is 11.6. The number of pyridine rings is 1. The predicted octanol–water partition coefficient (Wildman–Crippen LogP) is 4.06. The second-order valence-electron chi connectivity index (χ2n) is 11.6. The van der Waals surface area contributed by atoms with Gasteiger partial charge in [-0.15, -0.1) is 0 Å². The second kappa shape index (κ2) is 14.5. The van der Waals surface area contributed by atoms with Gasteiger partial charge in [-0.3, -0.25) is 14.7 Å². The number of benzene rings is 1. The smallest absolute Gasteiger partial charge is 0.319 e. The van der Waals surface area contributed by atoms with Gasteiger partial charge in [0.05, 0.1) is 19.1 Å². The molecule has 2 aromatic rings. The van der Waals surface area contributed by atoms with Crippen molar-refractivity contribution < 1.29 is 19.4 Å². The number of urea groups is 1. The third kappa shape index (κ3) is 8.41. The lowest BCUT2D eigenvalue weighted by atomic mass is 9.89. The van der Waals surface area contributed by atoms with E-state index in [0.717, 1.165) is 17.7 Å². The molecule has 1 unspecified atom stereocenters. The quantitative estimate of drug-likeness (QED) is 0.434. The minimum atomic E-state index is -0.307. The number of anilines is 1. The zero-order valence-electron chi connectivity index (χ0n) is 24.1. The topological polar surface area (TPSA) is 107 Å². The summed E-state index contributed by atoms with van der Waals surface area (Å²) in [5.74, 6) is 1.14. The maximum atomic E-state index is 13.5. The Bertz CT molecular complexity index is 1110. The molecule has 1 aromatic heterocycles. The fourth-order valence-electron chi connectivity index (χ4n) is 5.70. The van der Waals surface area contributed by atoms with Gasteiger partial charge in [-0.25, -0.2) is 4.79 Å². The van der Waals surface area contributed by atoms with Gasteiger partial charge in [-0.1, -0.05) is 26.2 Å². The Hall–Kier alpha value is -3.17. The number of aromatic nitrogens is 1. The molecule has 0 radical (unpaired) electrons. The molecule has 40 heavy (non-hydrogen) atoms. The summed E-state index contributed by atoms with van der Waals surface area (Å²) in [5.41, 5.74) is 2.51. The van der Waals surface area contributed by atoms with E-state index < -0.39 is 0 Å². The summed E-state index contributed by atoms with van der Waals surface area (Å²) in [6, 6.07) is 8.98. The molecule has 2 aliphatic rings. The van der Waals surface area contributed by atoms with Gasteiger partial charge < -0.3 is 25.4 Å². The summed E-state index contributed by atoms with van der Waals surface area (Å²) in [4.78, 5) is 34.2. The highest BCUT2D eigenvalue weighted by atomic mass is 16.5. The van der Waals surface area contributed by atoms with Gasteiger partial charge in [0.15, 0.2) is 0 Å². The fraction of sp³-hybridized carbons (Fsp3) is 0.581. The van der Waals surface area contributed by atoms with Crippen LogP contribution in [0.5, 0.6) is 5.75 Å². The number of rotatable bonds is 9. The van der Waals surface area contributed by atoms with Gasteiger partial charge in [0.2, 0.25) is 5.91 Å². The van der Waals surface area contributed by atoms with Crippen LogP contribution < -0.4 is 15.4 Å². The summed E-state index contributed by atoms with van der Waals surface area (Å²) < 4.78 is 6.61. The molecular weight excluding hydrogens is 506 g/mol. The van der Waals surface area contributed by atoms with Crippen LogP contribution in [0.1, 0.15) is 57.1 Å². The number of carbonyl (C=O) groups excluding carboxylic acids is 2. The zero-order chi connectivity index (χ0) is 28.5. The highest BCUT2D eigenvalue weighted by Crippen LogP contribution is 2.29. The Morgan fingerprint density at radius 3 is 2.67 bits per heavy atom. The molecule has 0 saturated heterocycles. The molecule has 1 aliphatic heterocycles. The highest BCUT2D eigenvalue weighted by Gasteiger charge is 2.31. The third-order valence-corrected chi connectivity index (χ3v) is 8.14. The van der Waals surface area contributed by atoms with Crippen molar-refractivity contribution in [1.29, 1.82) is 0 Å². The summed E-state index contributed by atoms with van der Waals surface area (Å²) in [6.07, 6.45) is 9.61. The van der Waals surface area contributed by atoms with Crippen LogP contribution >= 0.6 is 0 Å². The van der Waals surface area contributed by atoms with Gasteiger partial charge in [0.1, 0.15) is 11.9 Å². The first kappa shape index (κ1) is 29.8. The van der Waals surface area contributed by atoms with Crippen LogP contribution in [0.2, 0.25) is 0 Å². The zero-order valence-corrected chi connectivity index (χ0v) is 24.1. The van der Waals surface area contributed by atoms with E-state index in [0.29, 0.717) is 37.0 Å². The Morgan fingerprint density at radius 1 is 1.20 bits per heavy atom. The first-order chi connectivity index (χ1) is 19.3. The summed E-state index contributed by atoms with van der Waals surface area (Å²) in [7, 11) is 2.06. The van der Waals surface area contributed by atoms with E-state index in [1.54, 1.807) is 17.3 Å². The fourth-order valence-corrected chi connectivity index (χ4v) is 5.70. The molecule has 4 rings (SSSR count). The van der Waals surface area contributed by atoms with E-state index >= 15 is 0 Å². The number of nitrogens with one attached hydrogen (secondary N) is 2. The van der Waals surface area contributed by atoms with Crippen molar-refractivity contribution in [3.8, 4) is 5.75 Å². The number of nitrogens with zero attached hydrogens (tertiary/aromatic N) is 3. The normalized spacial score (nSPS) is 21.0. The van der Waals surface area contributed by atoms with Crippen LogP contribution in [-0.4, -0.2) is 77.3 Å². The van der Waals surface area contributed by atoms with Gasteiger partial charge >= 0.3 is 6.03 Å². The number of hydrogen-bond donors (Lipinski definition) is 3. The minimum absolute atomic E-state index is 0.0205. The lowest BCUT2D eigenvalue weighted by molar-refractivity contribution is -0.134. The molecule has 0 bridgehead atoms. The highest BCUT2D eigenvalue weighted by molar-refractivity contribution is 5.90. The largest absolute Gasteiger partial charge is 0.488 e. The number of carbonyl (C=O) groups is 2. The number of aliphatic hydroxyl groups excluding tert-OH is 1. The minimum Gasteiger partial charge on any atom is -0.488 e. The van der Waals surface area contributed by atoms with Crippen molar-refractivity contribution in [3.63, 3.8) is 0 Å². The number of aliphatic hydroxyl groups is 1. The van der Waals surface area contributed by atoms with Crippen LogP contribution in [0.25, 0.3) is 0 Å². The Labute approximate surface area is 238 Å². The summed E-state index contributed by atoms with van der Waals surface area (Å²) >= 11 is 0. The number of likely N-dealkylation sites (N-methyl/N-ethyl adjacent to an activating group) is 1. The Kier molecular flexibility index (Phi) is 10.8. The third-order valence-electron chi connectivity index (χ3n) is 8.14. The lowest BCUT2D eigenvalue weighted by Crippen LogP contribution is -2.47.